The summed E-state index contributed by atoms with van der Waals surface area (Å²) in [6, 6.07) is 8.51. The van der Waals surface area contributed by atoms with Gasteiger partial charge in [0.1, 0.15) is 10.6 Å². The van der Waals surface area contributed by atoms with Gasteiger partial charge in [-0.3, -0.25) is 9.52 Å². The van der Waals surface area contributed by atoms with Gasteiger partial charge < -0.3 is 14.2 Å². The van der Waals surface area contributed by atoms with Crippen LogP contribution in [0.4, 0.5) is 5.69 Å². The highest BCUT2D eigenvalue weighted by molar-refractivity contribution is 7.92. The van der Waals surface area contributed by atoms with Crippen molar-refractivity contribution in [1.29, 1.82) is 0 Å². The number of hydrogen-bond donors (Lipinski definition) is 1. The van der Waals surface area contributed by atoms with E-state index in [2.05, 4.69) is 4.72 Å². The van der Waals surface area contributed by atoms with E-state index in [0.717, 1.165) is 5.56 Å². The van der Waals surface area contributed by atoms with Gasteiger partial charge in [0.25, 0.3) is 15.9 Å². The minimum atomic E-state index is -3.74. The minimum Gasteiger partial charge on any atom is -0.383 e. The second-order valence-corrected chi connectivity index (χ2v) is 7.69. The van der Waals surface area contributed by atoms with Crippen molar-refractivity contribution < 1.29 is 17.9 Å². The Morgan fingerprint density at radius 2 is 1.92 bits per heavy atom. The highest BCUT2D eigenvalue weighted by Gasteiger charge is 2.28. The molecular formula is C17H21N3O4S. The van der Waals surface area contributed by atoms with Crippen LogP contribution in [0.15, 0.2) is 41.4 Å². The van der Waals surface area contributed by atoms with Crippen LogP contribution in [0.2, 0.25) is 0 Å². The summed E-state index contributed by atoms with van der Waals surface area (Å²) in [4.78, 5) is 14.3. The van der Waals surface area contributed by atoms with Gasteiger partial charge in [0.15, 0.2) is 0 Å². The SMILES string of the molecule is COCCN1CCn2cc(S(=O)(=O)Nc3ccc(C)cc3)cc2C1=O. The molecule has 1 aromatic carbocycles. The first-order valence-electron chi connectivity index (χ1n) is 7.98. The number of amides is 1. The zero-order chi connectivity index (χ0) is 18.0. The lowest BCUT2D eigenvalue weighted by Gasteiger charge is -2.27. The largest absolute Gasteiger partial charge is 0.383 e. The minimum absolute atomic E-state index is 0.0880. The smallest absolute Gasteiger partial charge is 0.270 e. The van der Waals surface area contributed by atoms with Crippen LogP contribution in [-0.4, -0.2) is 50.6 Å². The molecule has 1 aromatic heterocycles. The van der Waals surface area contributed by atoms with E-state index in [9.17, 15) is 13.2 Å². The first-order chi connectivity index (χ1) is 11.9. The zero-order valence-electron chi connectivity index (χ0n) is 14.2. The third-order valence-electron chi connectivity index (χ3n) is 4.17. The van der Waals surface area contributed by atoms with Gasteiger partial charge in [-0.15, -0.1) is 0 Å². The van der Waals surface area contributed by atoms with Crippen LogP contribution in [0.25, 0.3) is 0 Å². The fourth-order valence-corrected chi connectivity index (χ4v) is 3.83. The highest BCUT2D eigenvalue weighted by Crippen LogP contribution is 2.22. The Bertz CT molecular complexity index is 872. The summed E-state index contributed by atoms with van der Waals surface area (Å²) in [6.07, 6.45) is 1.51. The Labute approximate surface area is 147 Å². The lowest BCUT2D eigenvalue weighted by atomic mass is 10.2. The van der Waals surface area contributed by atoms with Crippen molar-refractivity contribution in [3.8, 4) is 0 Å². The van der Waals surface area contributed by atoms with Gasteiger partial charge in [-0.05, 0) is 25.1 Å². The van der Waals surface area contributed by atoms with E-state index < -0.39 is 10.0 Å². The molecule has 0 fully saturated rings. The van der Waals surface area contributed by atoms with Crippen molar-refractivity contribution in [2.24, 2.45) is 0 Å². The number of ether oxygens (including phenoxy) is 1. The van der Waals surface area contributed by atoms with Gasteiger partial charge >= 0.3 is 0 Å². The summed E-state index contributed by atoms with van der Waals surface area (Å²) in [5.41, 5.74) is 1.92. The lowest BCUT2D eigenvalue weighted by Crippen LogP contribution is -2.41. The van der Waals surface area contributed by atoms with Crippen molar-refractivity contribution in [1.82, 2.24) is 9.47 Å². The number of benzene rings is 1. The lowest BCUT2D eigenvalue weighted by molar-refractivity contribution is 0.0641. The number of carbonyl (C=O) groups is 1. The summed E-state index contributed by atoms with van der Waals surface area (Å²) < 4.78 is 34.4. The summed E-state index contributed by atoms with van der Waals surface area (Å²) in [6.45, 7) is 3.97. The molecule has 0 saturated heterocycles. The average molecular weight is 363 g/mol. The molecule has 2 aromatic rings. The maximum Gasteiger partial charge on any atom is 0.270 e. The number of fused-ring (bicyclic) bond motifs is 1. The van der Waals surface area contributed by atoms with E-state index in [1.54, 1.807) is 28.7 Å². The van der Waals surface area contributed by atoms with Crippen LogP contribution >= 0.6 is 0 Å². The van der Waals surface area contributed by atoms with Gasteiger partial charge in [-0.25, -0.2) is 8.42 Å². The third-order valence-corrected chi connectivity index (χ3v) is 5.52. The number of carbonyl (C=O) groups excluding carboxylic acids is 1. The molecule has 134 valence electrons. The number of anilines is 1. The average Bonchev–Trinajstić information content (AvgIpc) is 3.02. The maximum absolute atomic E-state index is 12.6. The molecule has 2 heterocycles. The second kappa shape index (κ2) is 6.89. The molecule has 7 nitrogen and oxygen atoms in total. The Morgan fingerprint density at radius 3 is 2.60 bits per heavy atom. The van der Waals surface area contributed by atoms with Gasteiger partial charge in [0, 0.05) is 38.6 Å². The van der Waals surface area contributed by atoms with Gasteiger partial charge in [0.05, 0.1) is 6.61 Å². The van der Waals surface area contributed by atoms with Crippen LogP contribution in [0.5, 0.6) is 0 Å². The van der Waals surface area contributed by atoms with Crippen molar-refractivity contribution >= 4 is 21.6 Å². The summed E-state index contributed by atoms with van der Waals surface area (Å²) >= 11 is 0. The zero-order valence-corrected chi connectivity index (χ0v) is 15.0. The molecule has 0 atom stereocenters. The Kier molecular flexibility index (Phi) is 4.82. The van der Waals surface area contributed by atoms with E-state index in [0.29, 0.717) is 37.6 Å². The number of nitrogens with one attached hydrogen (secondary N) is 1. The van der Waals surface area contributed by atoms with Crippen molar-refractivity contribution in [3.63, 3.8) is 0 Å². The number of sulfonamides is 1. The van der Waals surface area contributed by atoms with Crippen molar-refractivity contribution in [2.45, 2.75) is 18.4 Å². The molecule has 1 amide bonds. The van der Waals surface area contributed by atoms with Gasteiger partial charge in [0.2, 0.25) is 0 Å². The molecular weight excluding hydrogens is 342 g/mol. The molecule has 1 aliphatic heterocycles. The molecule has 3 rings (SSSR count). The second-order valence-electron chi connectivity index (χ2n) is 6.01. The standard InChI is InChI=1S/C17H21N3O4S/c1-13-3-5-14(6-4-13)18-25(22,23)15-11-16-17(21)19(9-10-24-2)7-8-20(16)12-15/h3-6,11-12,18H,7-10H2,1-2H3. The Morgan fingerprint density at radius 1 is 1.20 bits per heavy atom. The van der Waals surface area contributed by atoms with E-state index in [1.165, 1.54) is 12.3 Å². The Hall–Kier alpha value is -2.32. The fourth-order valence-electron chi connectivity index (χ4n) is 2.74. The van der Waals surface area contributed by atoms with Crippen LogP contribution in [0.3, 0.4) is 0 Å². The van der Waals surface area contributed by atoms with E-state index in [-0.39, 0.29) is 10.8 Å². The van der Waals surface area contributed by atoms with Crippen molar-refractivity contribution in [2.75, 3.05) is 31.5 Å². The molecule has 8 heteroatoms. The number of aryl methyl sites for hydroxylation is 1. The maximum atomic E-state index is 12.6. The van der Waals surface area contributed by atoms with Crippen LogP contribution < -0.4 is 4.72 Å². The number of aromatic nitrogens is 1. The summed E-state index contributed by atoms with van der Waals surface area (Å²) in [7, 11) is -2.16. The molecule has 1 N–H and O–H groups in total. The molecule has 0 saturated carbocycles. The number of hydrogen-bond acceptors (Lipinski definition) is 4. The normalized spacial score (nSPS) is 14.5. The van der Waals surface area contributed by atoms with Crippen LogP contribution in [0.1, 0.15) is 16.1 Å². The Balaban J connectivity index is 1.82. The predicted molar refractivity (Wildman–Crippen MR) is 94.2 cm³/mol. The quantitative estimate of drug-likeness (QED) is 0.847. The number of rotatable bonds is 6. The number of nitrogens with zero attached hydrogens (tertiary/aromatic N) is 2. The molecule has 0 aliphatic carbocycles. The summed E-state index contributed by atoms with van der Waals surface area (Å²) in [5, 5.41) is 0. The van der Waals surface area contributed by atoms with Crippen molar-refractivity contribution in [3.05, 3.63) is 47.8 Å². The van der Waals surface area contributed by atoms with Gasteiger partial charge in [-0.2, -0.15) is 0 Å². The first kappa shape index (κ1) is 17.5. The number of methoxy groups -OCH3 is 1. The topological polar surface area (TPSA) is 80.6 Å². The highest BCUT2D eigenvalue weighted by atomic mass is 32.2. The van der Waals surface area contributed by atoms with Crippen LogP contribution in [0, 0.1) is 6.92 Å². The molecule has 0 radical (unpaired) electrons. The monoisotopic (exact) mass is 363 g/mol. The molecule has 0 unspecified atom stereocenters. The molecule has 0 bridgehead atoms. The summed E-state index contributed by atoms with van der Waals surface area (Å²) in [5.74, 6) is -0.180. The van der Waals surface area contributed by atoms with Crippen LogP contribution in [-0.2, 0) is 21.3 Å². The van der Waals surface area contributed by atoms with E-state index in [1.807, 2.05) is 19.1 Å². The van der Waals surface area contributed by atoms with E-state index in [4.69, 9.17) is 4.74 Å². The molecule has 1 aliphatic rings. The van der Waals surface area contributed by atoms with E-state index >= 15 is 0 Å². The molecule has 0 spiro atoms. The third kappa shape index (κ3) is 3.69. The molecule has 25 heavy (non-hydrogen) atoms. The first-order valence-corrected chi connectivity index (χ1v) is 9.47. The fraction of sp³-hybridized carbons (Fsp3) is 0.353. The van der Waals surface area contributed by atoms with Gasteiger partial charge in [-0.1, -0.05) is 17.7 Å². The predicted octanol–water partition coefficient (Wildman–Crippen LogP) is 1.70.